The molecule has 9 nitrogen and oxygen atoms in total. The van der Waals surface area contributed by atoms with Gasteiger partial charge in [-0.15, -0.1) is 11.6 Å². The molecule has 1 aromatic carbocycles. The summed E-state index contributed by atoms with van der Waals surface area (Å²) in [6.07, 6.45) is 1.08. The van der Waals surface area contributed by atoms with Crippen LogP contribution in [0.2, 0.25) is 0 Å². The summed E-state index contributed by atoms with van der Waals surface area (Å²) < 4.78 is 19.2. The maximum atomic E-state index is 13.2. The second kappa shape index (κ2) is 10.6. The molecule has 10 heteroatoms. The van der Waals surface area contributed by atoms with Crippen LogP contribution >= 0.6 is 11.6 Å². The number of benzene rings is 1. The van der Waals surface area contributed by atoms with E-state index in [1.54, 1.807) is 31.4 Å². The van der Waals surface area contributed by atoms with E-state index in [1.165, 1.54) is 16.8 Å². The fourth-order valence-electron chi connectivity index (χ4n) is 3.71. The lowest BCUT2D eigenvalue weighted by Gasteiger charge is -2.30. The maximum absolute atomic E-state index is 13.2. The first kappa shape index (κ1) is 24.5. The first-order valence-electron chi connectivity index (χ1n) is 10.5. The van der Waals surface area contributed by atoms with E-state index >= 15 is 0 Å². The minimum atomic E-state index is -1.47. The van der Waals surface area contributed by atoms with Gasteiger partial charge in [0.25, 0.3) is 5.56 Å². The highest BCUT2D eigenvalue weighted by Crippen LogP contribution is 2.41. The molecule has 3 rings (SSSR count). The Morgan fingerprint density at radius 1 is 1.16 bits per heavy atom. The minimum Gasteiger partial charge on any atom is -0.497 e. The van der Waals surface area contributed by atoms with Crippen LogP contribution in [0.15, 0.2) is 46.1 Å². The van der Waals surface area contributed by atoms with E-state index in [9.17, 15) is 19.8 Å². The number of hydrogen-bond donors (Lipinski definition) is 2. The van der Waals surface area contributed by atoms with E-state index in [4.69, 9.17) is 25.8 Å². The predicted molar refractivity (Wildman–Crippen MR) is 118 cm³/mol. The van der Waals surface area contributed by atoms with Crippen molar-refractivity contribution in [3.8, 4) is 5.75 Å². The number of alkyl halides is 1. The smallest absolute Gasteiger partial charge is 0.333 e. The second-order valence-electron chi connectivity index (χ2n) is 7.76. The number of aliphatic hydroxyl groups is 2. The van der Waals surface area contributed by atoms with Gasteiger partial charge in [0, 0.05) is 18.9 Å². The van der Waals surface area contributed by atoms with Crippen LogP contribution in [0.25, 0.3) is 0 Å². The number of hydrogen-bond acceptors (Lipinski definition) is 7. The molecule has 0 radical (unpaired) electrons. The van der Waals surface area contributed by atoms with Gasteiger partial charge in [-0.1, -0.05) is 25.5 Å². The molecule has 2 N–H and O–H groups in total. The van der Waals surface area contributed by atoms with Gasteiger partial charge in [0.1, 0.15) is 22.8 Å². The van der Waals surface area contributed by atoms with Gasteiger partial charge >= 0.3 is 5.69 Å². The van der Waals surface area contributed by atoms with E-state index in [2.05, 4.69) is 0 Å². The van der Waals surface area contributed by atoms with E-state index in [1.807, 2.05) is 6.92 Å². The molecule has 0 unspecified atom stereocenters. The molecule has 0 amide bonds. The molecular formula is C22H29ClN2O7. The number of ether oxygens (including phenoxy) is 3. The fraction of sp³-hybridized carbons (Fsp3) is 0.545. The molecule has 32 heavy (non-hydrogen) atoms. The van der Waals surface area contributed by atoms with Crippen molar-refractivity contribution < 1.29 is 24.4 Å². The highest BCUT2D eigenvalue weighted by Gasteiger charge is 2.56. The molecule has 1 aliphatic heterocycles. The minimum absolute atomic E-state index is 0.0454. The monoisotopic (exact) mass is 468 g/mol. The predicted octanol–water partition coefficient (Wildman–Crippen LogP) is 1.11. The van der Waals surface area contributed by atoms with Crippen LogP contribution in [0.3, 0.4) is 0 Å². The lowest BCUT2D eigenvalue weighted by atomic mass is 9.98. The summed E-state index contributed by atoms with van der Waals surface area (Å²) in [5, 5.41) is 19.0. The average molecular weight is 469 g/mol. The number of methoxy groups -OCH3 is 1. The van der Waals surface area contributed by atoms with Crippen LogP contribution in [0.5, 0.6) is 5.75 Å². The van der Waals surface area contributed by atoms with Crippen molar-refractivity contribution in [3.63, 3.8) is 0 Å². The average Bonchev–Trinajstić information content (AvgIpc) is 3.09. The molecule has 0 bridgehead atoms. The molecule has 2 aromatic rings. The third-order valence-electron chi connectivity index (χ3n) is 5.64. The summed E-state index contributed by atoms with van der Waals surface area (Å²) in [4.78, 5) is 25.6. The molecular weight excluding hydrogens is 440 g/mol. The second-order valence-corrected chi connectivity index (χ2v) is 8.26. The van der Waals surface area contributed by atoms with Gasteiger partial charge in [0.05, 0.1) is 26.9 Å². The van der Waals surface area contributed by atoms with Crippen molar-refractivity contribution in [1.29, 1.82) is 0 Å². The molecule has 1 fully saturated rings. The Morgan fingerprint density at radius 2 is 1.84 bits per heavy atom. The van der Waals surface area contributed by atoms with Crippen LogP contribution in [-0.2, 0) is 16.0 Å². The van der Waals surface area contributed by atoms with Gasteiger partial charge in [-0.05, 0) is 24.1 Å². The van der Waals surface area contributed by atoms with Crippen molar-refractivity contribution >= 4 is 11.6 Å². The number of unbranched alkanes of at least 4 members (excludes halogenated alkanes) is 1. The third-order valence-corrected chi connectivity index (χ3v) is 6.08. The van der Waals surface area contributed by atoms with Crippen LogP contribution in [0, 0.1) is 0 Å². The molecule has 3 atom stereocenters. The van der Waals surface area contributed by atoms with Crippen molar-refractivity contribution in [3.05, 3.63) is 62.9 Å². The molecule has 0 aliphatic carbocycles. The lowest BCUT2D eigenvalue weighted by molar-refractivity contribution is -0.161. The van der Waals surface area contributed by atoms with Crippen LogP contribution in [0.4, 0.5) is 0 Å². The standard InChI is InChI=1S/C22H29ClN2O7/c1-3-4-11-31-19-18(23)20(32-22(19,13-26)14-27)24-10-9-17(28)25(21(24)29)12-15-5-7-16(30-2)8-6-15/h5-10,18-20,26-27H,3-4,11-14H2,1-2H3/t18-,19+,20+/m1/s1. The molecule has 1 saturated heterocycles. The molecule has 0 spiro atoms. The number of halogens is 1. The molecule has 176 valence electrons. The van der Waals surface area contributed by atoms with Crippen LogP contribution < -0.4 is 16.0 Å². The Hall–Kier alpha value is -2.17. The van der Waals surface area contributed by atoms with E-state index in [-0.39, 0.29) is 6.54 Å². The largest absolute Gasteiger partial charge is 0.497 e. The lowest BCUT2D eigenvalue weighted by Crippen LogP contribution is -2.50. The number of aromatic nitrogens is 2. The van der Waals surface area contributed by atoms with Gasteiger partial charge in [-0.25, -0.2) is 4.79 Å². The number of rotatable bonds is 10. The zero-order chi connectivity index (χ0) is 23.3. The topological polar surface area (TPSA) is 112 Å². The highest BCUT2D eigenvalue weighted by atomic mass is 35.5. The first-order chi connectivity index (χ1) is 15.4. The quantitative estimate of drug-likeness (QED) is 0.397. The van der Waals surface area contributed by atoms with Gasteiger partial charge < -0.3 is 24.4 Å². The van der Waals surface area contributed by atoms with E-state index in [0.29, 0.717) is 12.4 Å². The Balaban J connectivity index is 1.93. The molecule has 1 aliphatic rings. The first-order valence-corrected chi connectivity index (χ1v) is 10.9. The van der Waals surface area contributed by atoms with Crippen molar-refractivity contribution in [1.82, 2.24) is 9.13 Å². The Morgan fingerprint density at radius 3 is 2.44 bits per heavy atom. The van der Waals surface area contributed by atoms with E-state index in [0.717, 1.165) is 23.0 Å². The van der Waals surface area contributed by atoms with Gasteiger partial charge in [-0.2, -0.15) is 0 Å². The van der Waals surface area contributed by atoms with Gasteiger partial charge in [0.15, 0.2) is 6.23 Å². The summed E-state index contributed by atoms with van der Waals surface area (Å²) in [6.45, 7) is 1.34. The zero-order valence-corrected chi connectivity index (χ0v) is 18.9. The Bertz CT molecular complexity index is 1000. The molecule has 2 heterocycles. The van der Waals surface area contributed by atoms with E-state index < -0.39 is 47.8 Å². The number of nitrogens with zero attached hydrogens (tertiary/aromatic N) is 2. The fourth-order valence-corrected chi connectivity index (χ4v) is 4.18. The van der Waals surface area contributed by atoms with Crippen molar-refractivity contribution in [2.24, 2.45) is 0 Å². The Labute approximate surface area is 190 Å². The maximum Gasteiger partial charge on any atom is 0.333 e. The molecule has 0 saturated carbocycles. The zero-order valence-electron chi connectivity index (χ0n) is 18.1. The highest BCUT2D eigenvalue weighted by molar-refractivity contribution is 6.21. The van der Waals surface area contributed by atoms with Crippen LogP contribution in [0.1, 0.15) is 31.6 Å². The third kappa shape index (κ3) is 4.77. The van der Waals surface area contributed by atoms with Crippen LogP contribution in [-0.4, -0.2) is 63.4 Å². The summed E-state index contributed by atoms with van der Waals surface area (Å²) in [5.74, 6) is 0.661. The summed E-state index contributed by atoms with van der Waals surface area (Å²) in [5.41, 5.74) is -1.83. The summed E-state index contributed by atoms with van der Waals surface area (Å²) >= 11 is 6.62. The summed E-state index contributed by atoms with van der Waals surface area (Å²) in [6, 6.07) is 8.26. The normalized spacial score (nSPS) is 22.2. The number of aliphatic hydroxyl groups excluding tert-OH is 2. The molecule has 1 aromatic heterocycles. The van der Waals surface area contributed by atoms with Crippen molar-refractivity contribution in [2.75, 3.05) is 26.9 Å². The Kier molecular flexibility index (Phi) is 8.13. The SMILES string of the molecule is CCCCO[C@H]1[C@@H](Cl)[C@@H](n2ccc(=O)n(Cc3ccc(OC)cc3)c2=O)OC1(CO)CO. The summed E-state index contributed by atoms with van der Waals surface area (Å²) in [7, 11) is 1.55. The van der Waals surface area contributed by atoms with Gasteiger partial charge in [0.2, 0.25) is 0 Å². The van der Waals surface area contributed by atoms with Gasteiger partial charge in [-0.3, -0.25) is 13.9 Å². The van der Waals surface area contributed by atoms with Crippen molar-refractivity contribution in [2.45, 2.75) is 49.6 Å².